The summed E-state index contributed by atoms with van der Waals surface area (Å²) in [4.78, 5) is 12.8. The van der Waals surface area contributed by atoms with Crippen LogP contribution in [0.4, 0.5) is 0 Å². The molecule has 0 aromatic heterocycles. The Morgan fingerprint density at radius 1 is 1.21 bits per heavy atom. The third-order valence-electron chi connectivity index (χ3n) is 5.62. The van der Waals surface area contributed by atoms with Crippen molar-refractivity contribution in [3.63, 3.8) is 0 Å². The molecule has 2 saturated heterocycles. The molecule has 0 bridgehead atoms. The lowest BCUT2D eigenvalue weighted by Crippen LogP contribution is -2.36. The number of nitrogens with one attached hydrogen (secondary N) is 2. The van der Waals surface area contributed by atoms with E-state index in [1.165, 1.54) is 18.9 Å². The molecule has 2 aliphatic rings. The van der Waals surface area contributed by atoms with Gasteiger partial charge in [0.25, 0.3) is 5.91 Å². The number of carbonyl (C=O) groups is 1. The van der Waals surface area contributed by atoms with Gasteiger partial charge in [0.2, 0.25) is 10.0 Å². The van der Waals surface area contributed by atoms with Crippen molar-refractivity contribution in [3.05, 3.63) is 29.3 Å². The highest BCUT2D eigenvalue weighted by Gasteiger charge is 2.28. The Kier molecular flexibility index (Phi) is 8.74. The van der Waals surface area contributed by atoms with Crippen LogP contribution in [-0.4, -0.2) is 51.4 Å². The van der Waals surface area contributed by atoms with Crippen molar-refractivity contribution in [3.8, 4) is 0 Å². The molecule has 1 aromatic rings. The fourth-order valence-corrected chi connectivity index (χ4v) is 5.69. The number of amides is 1. The first-order valence-electron chi connectivity index (χ1n) is 10.1. The molecule has 0 radical (unpaired) electrons. The van der Waals surface area contributed by atoms with Crippen molar-refractivity contribution < 1.29 is 13.2 Å². The van der Waals surface area contributed by atoms with Crippen LogP contribution in [-0.2, 0) is 10.0 Å². The monoisotopic (exact) mass is 429 g/mol. The minimum atomic E-state index is -3.54. The molecule has 6 nitrogen and oxygen atoms in total. The second-order valence-corrected chi connectivity index (χ2v) is 9.61. The predicted molar refractivity (Wildman–Crippen MR) is 114 cm³/mol. The molecule has 2 fully saturated rings. The molecule has 0 aliphatic carbocycles. The highest BCUT2D eigenvalue weighted by atomic mass is 35.5. The van der Waals surface area contributed by atoms with E-state index in [0.29, 0.717) is 36.7 Å². The lowest BCUT2D eigenvalue weighted by atomic mass is 9.96. The van der Waals surface area contributed by atoms with Gasteiger partial charge in [0.05, 0.1) is 4.90 Å². The predicted octanol–water partition coefficient (Wildman–Crippen LogP) is 2.71. The molecular formula is C20H32ClN3O3S. The summed E-state index contributed by atoms with van der Waals surface area (Å²) in [6, 6.07) is 4.98. The van der Waals surface area contributed by atoms with E-state index in [1.807, 2.05) is 0 Å². The third-order valence-corrected chi connectivity index (χ3v) is 7.66. The zero-order valence-electron chi connectivity index (χ0n) is 16.6. The normalized spacial score (nSPS) is 21.0. The number of carbonyl (C=O) groups excluding carboxylic acids is 1. The van der Waals surface area contributed by atoms with Crippen molar-refractivity contribution >= 4 is 28.3 Å². The molecule has 0 spiro atoms. The molecular weight excluding hydrogens is 398 g/mol. The lowest BCUT2D eigenvalue weighted by molar-refractivity contribution is 0.0950. The minimum absolute atomic E-state index is 0. The molecule has 28 heavy (non-hydrogen) atoms. The molecule has 2 aliphatic heterocycles. The fourth-order valence-electron chi connectivity index (χ4n) is 3.93. The maximum Gasteiger partial charge on any atom is 0.251 e. The van der Waals surface area contributed by atoms with E-state index in [2.05, 4.69) is 10.6 Å². The van der Waals surface area contributed by atoms with Crippen molar-refractivity contribution in [2.24, 2.45) is 5.92 Å². The Bertz CT molecular complexity index is 758. The number of sulfonamides is 1. The maximum atomic E-state index is 13.0. The number of benzene rings is 1. The van der Waals surface area contributed by atoms with Gasteiger partial charge in [-0.05, 0) is 75.7 Å². The summed E-state index contributed by atoms with van der Waals surface area (Å²) in [5.74, 6) is 0.404. The van der Waals surface area contributed by atoms with Gasteiger partial charge in [-0.3, -0.25) is 4.79 Å². The summed E-state index contributed by atoms with van der Waals surface area (Å²) in [6.45, 7) is 5.63. The minimum Gasteiger partial charge on any atom is -0.352 e. The highest BCUT2D eigenvalue weighted by Crippen LogP contribution is 2.24. The number of piperidine rings is 2. The topological polar surface area (TPSA) is 78.5 Å². The molecule has 2 N–H and O–H groups in total. The summed E-state index contributed by atoms with van der Waals surface area (Å²) in [5, 5.41) is 6.33. The SMILES string of the molecule is Cc1ccc(C(=O)NCCC2CCCNC2)cc1S(=O)(=O)N1CCCCC1.Cl. The smallest absolute Gasteiger partial charge is 0.251 e. The van der Waals surface area contributed by atoms with E-state index < -0.39 is 10.0 Å². The van der Waals surface area contributed by atoms with Crippen LogP contribution in [0.25, 0.3) is 0 Å². The summed E-state index contributed by atoms with van der Waals surface area (Å²) < 4.78 is 27.5. The van der Waals surface area contributed by atoms with Gasteiger partial charge in [0.1, 0.15) is 0 Å². The largest absolute Gasteiger partial charge is 0.352 e. The number of halogens is 1. The second kappa shape index (κ2) is 10.6. The van der Waals surface area contributed by atoms with E-state index in [-0.39, 0.29) is 23.2 Å². The Morgan fingerprint density at radius 3 is 2.64 bits per heavy atom. The molecule has 3 rings (SSSR count). The Balaban J connectivity index is 0.00000280. The van der Waals surface area contributed by atoms with E-state index in [9.17, 15) is 13.2 Å². The Morgan fingerprint density at radius 2 is 1.96 bits per heavy atom. The van der Waals surface area contributed by atoms with Crippen LogP contribution in [0.2, 0.25) is 0 Å². The molecule has 1 atom stereocenters. The van der Waals surface area contributed by atoms with Gasteiger partial charge < -0.3 is 10.6 Å². The van der Waals surface area contributed by atoms with Gasteiger partial charge in [-0.2, -0.15) is 4.31 Å². The number of hydrogen-bond acceptors (Lipinski definition) is 4. The first-order chi connectivity index (χ1) is 13.0. The van der Waals surface area contributed by atoms with Crippen LogP contribution in [0.15, 0.2) is 23.1 Å². The van der Waals surface area contributed by atoms with Gasteiger partial charge in [0, 0.05) is 25.2 Å². The van der Waals surface area contributed by atoms with Gasteiger partial charge in [-0.1, -0.05) is 12.5 Å². The van der Waals surface area contributed by atoms with Crippen LogP contribution in [0, 0.1) is 12.8 Å². The van der Waals surface area contributed by atoms with Crippen molar-refractivity contribution in [1.29, 1.82) is 0 Å². The molecule has 1 unspecified atom stereocenters. The number of rotatable bonds is 6. The lowest BCUT2D eigenvalue weighted by Gasteiger charge is -2.26. The van der Waals surface area contributed by atoms with Crippen molar-refractivity contribution in [2.75, 3.05) is 32.7 Å². The summed E-state index contributed by atoms with van der Waals surface area (Å²) >= 11 is 0. The maximum absolute atomic E-state index is 13.0. The molecule has 2 heterocycles. The summed E-state index contributed by atoms with van der Waals surface area (Å²) in [7, 11) is -3.54. The zero-order valence-corrected chi connectivity index (χ0v) is 18.2. The Hall–Kier alpha value is -1.15. The average molecular weight is 430 g/mol. The average Bonchev–Trinajstić information content (AvgIpc) is 2.69. The molecule has 1 aromatic carbocycles. The number of hydrogen-bond donors (Lipinski definition) is 2. The van der Waals surface area contributed by atoms with E-state index >= 15 is 0 Å². The van der Waals surface area contributed by atoms with Crippen molar-refractivity contribution in [1.82, 2.24) is 14.9 Å². The standard InChI is InChI=1S/C20H31N3O3S.ClH/c1-16-7-8-18(20(24)22-11-9-17-6-5-10-21-15-17)14-19(16)27(25,26)23-12-3-2-4-13-23;/h7-8,14,17,21H,2-6,9-13,15H2,1H3,(H,22,24);1H. The van der Waals surface area contributed by atoms with Gasteiger partial charge in [-0.25, -0.2) is 8.42 Å². The molecule has 8 heteroatoms. The van der Waals surface area contributed by atoms with Crippen molar-refractivity contribution in [2.45, 2.75) is 50.3 Å². The van der Waals surface area contributed by atoms with E-state index in [1.54, 1.807) is 23.4 Å². The first-order valence-corrected chi connectivity index (χ1v) is 11.5. The van der Waals surface area contributed by atoms with Gasteiger partial charge >= 0.3 is 0 Å². The molecule has 158 valence electrons. The van der Waals surface area contributed by atoms with Crippen LogP contribution in [0.5, 0.6) is 0 Å². The first kappa shape index (κ1) is 23.1. The number of aryl methyl sites for hydroxylation is 1. The van der Waals surface area contributed by atoms with Gasteiger partial charge in [-0.15, -0.1) is 12.4 Å². The zero-order chi connectivity index (χ0) is 19.3. The van der Waals surface area contributed by atoms with E-state index in [4.69, 9.17) is 0 Å². The highest BCUT2D eigenvalue weighted by molar-refractivity contribution is 7.89. The Labute approximate surface area is 174 Å². The number of nitrogens with zero attached hydrogens (tertiary/aromatic N) is 1. The van der Waals surface area contributed by atoms with Gasteiger partial charge in [0.15, 0.2) is 0 Å². The second-order valence-electron chi connectivity index (χ2n) is 7.70. The summed E-state index contributed by atoms with van der Waals surface area (Å²) in [6.07, 6.45) is 6.20. The van der Waals surface area contributed by atoms with Crippen LogP contribution in [0.1, 0.15) is 54.4 Å². The third kappa shape index (κ3) is 5.69. The van der Waals surface area contributed by atoms with Crippen LogP contribution < -0.4 is 10.6 Å². The van der Waals surface area contributed by atoms with Crippen LogP contribution >= 0.6 is 12.4 Å². The molecule has 0 saturated carbocycles. The quantitative estimate of drug-likeness (QED) is 0.728. The summed E-state index contributed by atoms with van der Waals surface area (Å²) in [5.41, 5.74) is 1.10. The van der Waals surface area contributed by atoms with Crippen LogP contribution in [0.3, 0.4) is 0 Å². The van der Waals surface area contributed by atoms with E-state index in [0.717, 1.165) is 38.8 Å². The molecule has 1 amide bonds. The fraction of sp³-hybridized carbons (Fsp3) is 0.650.